The lowest BCUT2D eigenvalue weighted by atomic mass is 10.0. The van der Waals surface area contributed by atoms with Gasteiger partial charge in [0.2, 0.25) is 0 Å². The second kappa shape index (κ2) is 3.39. The highest BCUT2D eigenvalue weighted by Gasteiger charge is 2.52. The average Bonchev–Trinajstić information content (AvgIpc) is 2.25. The topological polar surface area (TPSA) is 88.1 Å². The Morgan fingerprint density at radius 1 is 1.73 bits per heavy atom. The summed E-state index contributed by atoms with van der Waals surface area (Å²) in [5, 5.41) is 10.8. The van der Waals surface area contributed by atoms with Crippen LogP contribution in [0.25, 0.3) is 0 Å². The van der Waals surface area contributed by atoms with Gasteiger partial charge >= 0.3 is 0 Å². The average molecular weight is 226 g/mol. The molecule has 0 radical (unpaired) electrons. The standard InChI is InChI=1S/C9H10N2O3S/c1-2-4-3-15-8-5(10)7(12)11(8)6(4)9(13)14/h2,5,8H,1,3,10H2,(H,13,14)/t5-,8+/m0/s1. The number of carbonyl (C=O) groups excluding carboxylic acids is 2. The maximum absolute atomic E-state index is 11.5. The summed E-state index contributed by atoms with van der Waals surface area (Å²) in [6.45, 7) is 3.53. The number of hydrogen-bond acceptors (Lipinski definition) is 4. The molecule has 0 aromatic carbocycles. The zero-order chi connectivity index (χ0) is 11.2. The van der Waals surface area contributed by atoms with Crippen LogP contribution in [0.1, 0.15) is 0 Å². The first-order valence-electron chi connectivity index (χ1n) is 4.42. The van der Waals surface area contributed by atoms with Crippen LogP contribution in [0.4, 0.5) is 0 Å². The van der Waals surface area contributed by atoms with Gasteiger partial charge in [-0.3, -0.25) is 9.69 Å². The third-order valence-electron chi connectivity index (χ3n) is 2.55. The summed E-state index contributed by atoms with van der Waals surface area (Å²) in [4.78, 5) is 23.6. The first-order chi connectivity index (χ1) is 7.07. The molecule has 6 heteroatoms. The molecule has 0 aliphatic carbocycles. The maximum atomic E-state index is 11.5. The molecule has 2 heterocycles. The highest BCUT2D eigenvalue weighted by atomic mass is 32.2. The molecule has 0 unspecified atom stereocenters. The normalized spacial score (nSPS) is 29.7. The third kappa shape index (κ3) is 1.29. The number of aliphatic carboxylic acids is 1. The van der Waals surface area contributed by atoms with Crippen molar-refractivity contribution in [2.24, 2.45) is 0 Å². The monoisotopic (exact) mass is 226 g/mol. The highest BCUT2D eigenvalue weighted by molar-refractivity contribution is 8.00. The molecule has 0 saturated carbocycles. The number of carboxylic acids is 1. The summed E-state index contributed by atoms with van der Waals surface area (Å²) in [7, 11) is 0. The smallest absolute Gasteiger partial charge is 0.289 e. The molecule has 5 nitrogen and oxygen atoms in total. The number of quaternary nitrogens is 1. The summed E-state index contributed by atoms with van der Waals surface area (Å²) < 4.78 is 0. The van der Waals surface area contributed by atoms with E-state index in [1.165, 1.54) is 22.7 Å². The van der Waals surface area contributed by atoms with Crippen LogP contribution in [0.5, 0.6) is 0 Å². The van der Waals surface area contributed by atoms with E-state index in [9.17, 15) is 14.7 Å². The van der Waals surface area contributed by atoms with Crippen molar-refractivity contribution in [3.05, 3.63) is 23.9 Å². The Balaban J connectivity index is 2.42. The molecule has 2 atom stereocenters. The first kappa shape index (κ1) is 10.3. The van der Waals surface area contributed by atoms with Crippen LogP contribution in [0.2, 0.25) is 0 Å². The maximum Gasteiger partial charge on any atom is 0.289 e. The summed E-state index contributed by atoms with van der Waals surface area (Å²) >= 11 is 1.50. The van der Waals surface area contributed by atoms with Gasteiger partial charge < -0.3 is 15.6 Å². The van der Waals surface area contributed by atoms with E-state index in [0.29, 0.717) is 11.3 Å². The van der Waals surface area contributed by atoms with E-state index in [4.69, 9.17) is 0 Å². The zero-order valence-electron chi connectivity index (χ0n) is 7.93. The molecular weight excluding hydrogens is 216 g/mol. The fourth-order valence-corrected chi connectivity index (χ4v) is 3.05. The Kier molecular flexibility index (Phi) is 2.32. The van der Waals surface area contributed by atoms with Crippen LogP contribution in [-0.2, 0) is 9.59 Å². The Morgan fingerprint density at radius 2 is 2.40 bits per heavy atom. The molecule has 1 fully saturated rings. The van der Waals surface area contributed by atoms with Crippen LogP contribution >= 0.6 is 11.8 Å². The lowest BCUT2D eigenvalue weighted by molar-refractivity contribution is -0.424. The van der Waals surface area contributed by atoms with E-state index in [1.54, 1.807) is 0 Å². The van der Waals surface area contributed by atoms with Crippen molar-refractivity contribution >= 4 is 23.6 Å². The number of hydrogen-bond donors (Lipinski definition) is 1. The zero-order valence-corrected chi connectivity index (χ0v) is 8.75. The number of amides is 1. The summed E-state index contributed by atoms with van der Waals surface area (Å²) in [6, 6.07) is -0.351. The van der Waals surface area contributed by atoms with E-state index in [2.05, 4.69) is 12.3 Å². The second-order valence-corrected chi connectivity index (χ2v) is 4.49. The van der Waals surface area contributed by atoms with E-state index in [0.717, 1.165) is 0 Å². The minimum Gasteiger partial charge on any atom is -0.543 e. The molecule has 0 aromatic rings. The van der Waals surface area contributed by atoms with Crippen molar-refractivity contribution in [2.75, 3.05) is 5.75 Å². The van der Waals surface area contributed by atoms with E-state index in [-0.39, 0.29) is 23.0 Å². The van der Waals surface area contributed by atoms with Crippen LogP contribution in [0, 0.1) is 0 Å². The second-order valence-electron chi connectivity index (χ2n) is 3.38. The van der Waals surface area contributed by atoms with Crippen molar-refractivity contribution in [3.8, 4) is 0 Å². The number of allylic oxidation sites excluding steroid dienone is 1. The number of rotatable bonds is 2. The van der Waals surface area contributed by atoms with Gasteiger partial charge in [0.1, 0.15) is 5.37 Å². The third-order valence-corrected chi connectivity index (χ3v) is 3.91. The van der Waals surface area contributed by atoms with Gasteiger partial charge in [-0.15, -0.1) is 11.8 Å². The molecule has 1 saturated heterocycles. The van der Waals surface area contributed by atoms with Crippen molar-refractivity contribution in [1.29, 1.82) is 0 Å². The largest absolute Gasteiger partial charge is 0.543 e. The molecule has 1 amide bonds. The van der Waals surface area contributed by atoms with Crippen LogP contribution in [0.3, 0.4) is 0 Å². The van der Waals surface area contributed by atoms with Gasteiger partial charge in [-0.05, 0) is 5.57 Å². The van der Waals surface area contributed by atoms with Crippen molar-refractivity contribution in [1.82, 2.24) is 4.90 Å². The molecule has 2 aliphatic heterocycles. The van der Waals surface area contributed by atoms with Gasteiger partial charge in [0, 0.05) is 5.75 Å². The van der Waals surface area contributed by atoms with Crippen LogP contribution in [-0.4, -0.2) is 33.9 Å². The SMILES string of the molecule is C=CC1=C(C(=O)[O-])N2C(=O)[C@H]([NH3+])[C@H]2SC1. The molecule has 3 N–H and O–H groups in total. The Bertz CT molecular complexity index is 391. The van der Waals surface area contributed by atoms with E-state index >= 15 is 0 Å². The minimum absolute atomic E-state index is 0.0429. The molecule has 2 aliphatic rings. The van der Waals surface area contributed by atoms with Crippen molar-refractivity contribution in [3.63, 3.8) is 0 Å². The number of fused-ring (bicyclic) bond motifs is 1. The number of carbonyl (C=O) groups is 2. The number of nitrogens with zero attached hydrogens (tertiary/aromatic N) is 1. The predicted octanol–water partition coefficient (Wildman–Crippen LogP) is -2.30. The Hall–Kier alpha value is -1.27. The summed E-state index contributed by atoms with van der Waals surface area (Å²) in [5.41, 5.74) is 4.18. The minimum atomic E-state index is -1.32. The lowest BCUT2D eigenvalue weighted by Crippen LogP contribution is -2.83. The predicted molar refractivity (Wildman–Crippen MR) is 52.0 cm³/mol. The summed E-state index contributed by atoms with van der Waals surface area (Å²) in [6.07, 6.45) is 1.46. The summed E-state index contributed by atoms with van der Waals surface area (Å²) in [5.74, 6) is -1.05. The van der Waals surface area contributed by atoms with Gasteiger partial charge in [-0.25, -0.2) is 0 Å². The van der Waals surface area contributed by atoms with Crippen molar-refractivity contribution < 1.29 is 20.4 Å². The lowest BCUT2D eigenvalue weighted by Gasteiger charge is -2.46. The molecule has 2 rings (SSSR count). The Morgan fingerprint density at radius 3 is 2.93 bits per heavy atom. The molecule has 0 spiro atoms. The number of β-lactam (4-membered cyclic amide) rings is 1. The fourth-order valence-electron chi connectivity index (χ4n) is 1.74. The van der Waals surface area contributed by atoms with Crippen molar-refractivity contribution in [2.45, 2.75) is 11.4 Å². The van der Waals surface area contributed by atoms with Gasteiger partial charge in [-0.2, -0.15) is 0 Å². The number of thioether (sulfide) groups is 1. The van der Waals surface area contributed by atoms with Gasteiger partial charge in [-0.1, -0.05) is 12.7 Å². The quantitative estimate of drug-likeness (QED) is 0.536. The number of carboxylic acid groups (broad SMARTS) is 1. The first-order valence-corrected chi connectivity index (χ1v) is 5.47. The Labute approximate surface area is 90.6 Å². The fraction of sp³-hybridized carbons (Fsp3) is 0.333. The molecule has 15 heavy (non-hydrogen) atoms. The van der Waals surface area contributed by atoms with E-state index < -0.39 is 5.97 Å². The van der Waals surface area contributed by atoms with Crippen LogP contribution < -0.4 is 10.8 Å². The molecular formula is C9H10N2O3S. The highest BCUT2D eigenvalue weighted by Crippen LogP contribution is 2.38. The van der Waals surface area contributed by atoms with Gasteiger partial charge in [0.05, 0.1) is 11.7 Å². The molecule has 0 aromatic heterocycles. The molecule has 0 bridgehead atoms. The van der Waals surface area contributed by atoms with Crippen LogP contribution in [0.15, 0.2) is 23.9 Å². The molecule has 80 valence electrons. The van der Waals surface area contributed by atoms with E-state index in [1.807, 2.05) is 0 Å². The van der Waals surface area contributed by atoms with Gasteiger partial charge in [0.25, 0.3) is 5.91 Å². The van der Waals surface area contributed by atoms with Gasteiger partial charge in [0.15, 0.2) is 6.04 Å².